The number of hydrogen-bond donors (Lipinski definition) is 0. The summed E-state index contributed by atoms with van der Waals surface area (Å²) in [6.07, 6.45) is 0.684. The maximum atomic E-state index is 13.9. The number of rotatable bonds is 5. The fourth-order valence-corrected chi connectivity index (χ4v) is 3.36. The molecule has 8 nitrogen and oxygen atoms in total. The Hall–Kier alpha value is -2.45. The van der Waals surface area contributed by atoms with Crippen LogP contribution in [0.2, 0.25) is 5.15 Å². The van der Waals surface area contributed by atoms with E-state index >= 15 is 0 Å². The highest BCUT2D eigenvalue weighted by molar-refractivity contribution is 7.95. The van der Waals surface area contributed by atoms with E-state index in [0.717, 1.165) is 13.8 Å². The molecule has 1 atom stereocenters. The molecular formula is C13H11ClF2N4O4S. The van der Waals surface area contributed by atoms with E-state index in [9.17, 15) is 32.6 Å². The Morgan fingerprint density at radius 2 is 2.00 bits per heavy atom. The first kappa shape index (κ1) is 20.6. The molecule has 12 heteroatoms. The van der Waals surface area contributed by atoms with Crippen LogP contribution in [-0.2, 0) is 9.84 Å². The summed E-state index contributed by atoms with van der Waals surface area (Å²) >= 11 is 5.64. The summed E-state index contributed by atoms with van der Waals surface area (Å²) in [5, 5.41) is 17.4. The number of nitrogens with zero attached hydrogens (tertiary/aromatic N) is 4. The minimum absolute atomic E-state index is 0.136. The highest BCUT2D eigenvalue weighted by Gasteiger charge is 2.39. The van der Waals surface area contributed by atoms with Gasteiger partial charge in [0, 0.05) is 0 Å². The van der Waals surface area contributed by atoms with Crippen LogP contribution in [-0.4, -0.2) is 23.3 Å². The Morgan fingerprint density at radius 1 is 1.44 bits per heavy atom. The second kappa shape index (κ2) is 7.62. The molecule has 25 heavy (non-hydrogen) atoms. The molecule has 1 unspecified atom stereocenters. The second-order valence-electron chi connectivity index (χ2n) is 4.61. The van der Waals surface area contributed by atoms with Crippen LogP contribution in [0.1, 0.15) is 30.6 Å². The van der Waals surface area contributed by atoms with E-state index in [2.05, 4.69) is 9.97 Å². The van der Waals surface area contributed by atoms with Crippen molar-refractivity contribution in [2.45, 2.75) is 26.0 Å². The molecule has 1 rings (SSSR count). The molecular weight excluding hydrogens is 382 g/mol. The van der Waals surface area contributed by atoms with Crippen molar-refractivity contribution in [1.29, 1.82) is 5.26 Å². The topological polar surface area (TPSA) is 127 Å². The summed E-state index contributed by atoms with van der Waals surface area (Å²) in [6, 6.07) is 1.32. The third kappa shape index (κ3) is 3.97. The van der Waals surface area contributed by atoms with Crippen molar-refractivity contribution < 1.29 is 22.1 Å². The Balaban J connectivity index is 3.78. The van der Waals surface area contributed by atoms with Crippen LogP contribution in [0.3, 0.4) is 0 Å². The molecule has 0 bridgehead atoms. The first-order valence-electron chi connectivity index (χ1n) is 6.49. The molecule has 1 aromatic rings. The number of sulfone groups is 1. The first-order chi connectivity index (χ1) is 11.5. The number of aromatic nitrogens is 2. The van der Waals surface area contributed by atoms with Gasteiger partial charge in [0.15, 0.2) is 27.2 Å². The second-order valence-corrected chi connectivity index (χ2v) is 7.15. The van der Waals surface area contributed by atoms with Crippen molar-refractivity contribution in [2.75, 3.05) is 0 Å². The number of hydrogen-bond acceptors (Lipinski definition) is 7. The van der Waals surface area contributed by atoms with Crippen LogP contribution in [0.5, 0.6) is 0 Å². The summed E-state index contributed by atoms with van der Waals surface area (Å²) in [7, 11) is -4.84. The lowest BCUT2D eigenvalue weighted by Gasteiger charge is -2.12. The number of allylic oxidation sites excluding steroid dienone is 4. The van der Waals surface area contributed by atoms with Crippen LogP contribution >= 0.6 is 11.6 Å². The van der Waals surface area contributed by atoms with Crippen molar-refractivity contribution in [1.82, 2.24) is 9.97 Å². The largest absolute Gasteiger partial charge is 0.330 e. The van der Waals surface area contributed by atoms with Gasteiger partial charge in [-0.25, -0.2) is 27.2 Å². The fraction of sp³-hybridized carbons (Fsp3) is 0.308. The lowest BCUT2D eigenvalue weighted by molar-refractivity contribution is -0.386. The van der Waals surface area contributed by atoms with Crippen LogP contribution < -0.4 is 0 Å². The number of nitro groups is 1. The van der Waals surface area contributed by atoms with Crippen molar-refractivity contribution >= 4 is 27.1 Å². The first-order valence-corrected chi connectivity index (χ1v) is 8.41. The van der Waals surface area contributed by atoms with Gasteiger partial charge in [0.2, 0.25) is 10.4 Å². The van der Waals surface area contributed by atoms with Crippen molar-refractivity contribution in [3.63, 3.8) is 0 Å². The Bertz CT molecular complexity index is 938. The Kier molecular flexibility index (Phi) is 6.28. The van der Waals surface area contributed by atoms with Gasteiger partial charge >= 0.3 is 5.69 Å². The monoisotopic (exact) mass is 392 g/mol. The van der Waals surface area contributed by atoms with Gasteiger partial charge in [-0.05, 0) is 26.8 Å². The lowest BCUT2D eigenvalue weighted by Crippen LogP contribution is -2.18. The van der Waals surface area contributed by atoms with E-state index in [4.69, 9.17) is 11.6 Å². The predicted octanol–water partition coefficient (Wildman–Crippen LogP) is 3.40. The molecule has 0 aliphatic carbocycles. The third-order valence-corrected chi connectivity index (χ3v) is 5.28. The molecule has 0 saturated heterocycles. The molecule has 1 aromatic heterocycles. The van der Waals surface area contributed by atoms with Gasteiger partial charge in [0.25, 0.3) is 0 Å². The summed E-state index contributed by atoms with van der Waals surface area (Å²) in [6.45, 7) is 3.14. The van der Waals surface area contributed by atoms with Crippen molar-refractivity contribution in [3.8, 4) is 6.07 Å². The van der Waals surface area contributed by atoms with E-state index in [1.165, 1.54) is 13.0 Å². The van der Waals surface area contributed by atoms with Gasteiger partial charge in [-0.3, -0.25) is 10.1 Å². The molecule has 0 spiro atoms. The number of halogens is 3. The van der Waals surface area contributed by atoms with Crippen LogP contribution in [0.4, 0.5) is 14.5 Å². The molecule has 134 valence electrons. The maximum absolute atomic E-state index is 13.9. The molecule has 0 amide bonds. The standard InChI is InChI=1S/C13H11ClF2N4O4S/c1-4-8(15)10(16)6(2)25(23,24)9(5-17)11-12(20(21)22)13(14)19-7(3)18-11/h4,9H,1-3H3/b8-4+,10-6-. The van der Waals surface area contributed by atoms with Gasteiger partial charge < -0.3 is 0 Å². The van der Waals surface area contributed by atoms with E-state index in [1.54, 1.807) is 0 Å². The summed E-state index contributed by atoms with van der Waals surface area (Å²) < 4.78 is 52.2. The van der Waals surface area contributed by atoms with Crippen molar-refractivity contribution in [3.05, 3.63) is 49.4 Å². The molecule has 0 aliphatic rings. The quantitative estimate of drug-likeness (QED) is 0.325. The summed E-state index contributed by atoms with van der Waals surface area (Å²) in [4.78, 5) is 16.1. The average molecular weight is 393 g/mol. The van der Waals surface area contributed by atoms with Gasteiger partial charge in [-0.15, -0.1) is 0 Å². The summed E-state index contributed by atoms with van der Waals surface area (Å²) in [5.74, 6) is -3.30. The van der Waals surface area contributed by atoms with Crippen LogP contribution in [0, 0.1) is 28.4 Å². The van der Waals surface area contributed by atoms with E-state index < -0.39 is 53.1 Å². The zero-order valence-electron chi connectivity index (χ0n) is 13.1. The van der Waals surface area contributed by atoms with E-state index in [1.807, 2.05) is 0 Å². The number of nitriles is 1. The number of aryl methyl sites for hydroxylation is 1. The molecule has 0 saturated carbocycles. The van der Waals surface area contributed by atoms with Gasteiger partial charge in [0.1, 0.15) is 5.82 Å². The smallest absolute Gasteiger partial charge is 0.258 e. The SMILES string of the molecule is C/C=C(F)\C(F)=C(/C)S(=O)(=O)C(C#N)c1nc(C)nc(Cl)c1[N+](=O)[O-]. The highest BCUT2D eigenvalue weighted by Crippen LogP contribution is 2.37. The van der Waals surface area contributed by atoms with Crippen LogP contribution in [0.25, 0.3) is 0 Å². The molecule has 1 heterocycles. The fourth-order valence-electron chi connectivity index (χ4n) is 1.78. The third-order valence-electron chi connectivity index (χ3n) is 3.04. The maximum Gasteiger partial charge on any atom is 0.330 e. The zero-order chi connectivity index (χ0) is 19.5. The van der Waals surface area contributed by atoms with Gasteiger partial charge in [-0.1, -0.05) is 11.6 Å². The molecule has 0 aromatic carbocycles. The van der Waals surface area contributed by atoms with Gasteiger partial charge in [-0.2, -0.15) is 5.26 Å². The van der Waals surface area contributed by atoms with Gasteiger partial charge in [0.05, 0.1) is 15.9 Å². The Morgan fingerprint density at radius 3 is 2.44 bits per heavy atom. The van der Waals surface area contributed by atoms with E-state index in [-0.39, 0.29) is 5.82 Å². The molecule has 0 N–H and O–H groups in total. The van der Waals surface area contributed by atoms with Crippen molar-refractivity contribution in [2.24, 2.45) is 0 Å². The van der Waals surface area contributed by atoms with Crippen LogP contribution in [0.15, 0.2) is 22.6 Å². The summed E-state index contributed by atoms with van der Waals surface area (Å²) in [5.41, 5.74) is -1.82. The minimum atomic E-state index is -4.84. The normalized spacial score (nSPS) is 14.5. The molecule has 0 fully saturated rings. The highest BCUT2D eigenvalue weighted by atomic mass is 35.5. The Labute approximate surface area is 146 Å². The molecule has 0 radical (unpaired) electrons. The van der Waals surface area contributed by atoms with E-state index in [0.29, 0.717) is 6.08 Å². The molecule has 0 aliphatic heterocycles. The average Bonchev–Trinajstić information content (AvgIpc) is 2.51. The predicted molar refractivity (Wildman–Crippen MR) is 84.4 cm³/mol. The zero-order valence-corrected chi connectivity index (χ0v) is 14.7. The minimum Gasteiger partial charge on any atom is -0.258 e. The lowest BCUT2D eigenvalue weighted by atomic mass is 10.2.